The molecule has 0 amide bonds. The van der Waals surface area contributed by atoms with Gasteiger partial charge in [0.15, 0.2) is 0 Å². The molecule has 1 aromatic heterocycles. The summed E-state index contributed by atoms with van der Waals surface area (Å²) in [5, 5.41) is 1.86. The third kappa shape index (κ3) is 1.85. The second kappa shape index (κ2) is 4.02. The van der Waals surface area contributed by atoms with E-state index in [0.717, 1.165) is 9.35 Å². The highest BCUT2D eigenvalue weighted by Crippen LogP contribution is 2.28. The van der Waals surface area contributed by atoms with Crippen LogP contribution < -0.4 is 5.73 Å². The second-order valence-corrected chi connectivity index (χ2v) is 3.94. The van der Waals surface area contributed by atoms with Gasteiger partial charge >= 0.3 is 5.97 Å². The van der Waals surface area contributed by atoms with Crippen molar-refractivity contribution in [3.63, 3.8) is 0 Å². The molecule has 2 N–H and O–H groups in total. The van der Waals surface area contributed by atoms with E-state index >= 15 is 0 Å². The van der Waals surface area contributed by atoms with E-state index in [1.807, 2.05) is 11.4 Å². The van der Waals surface area contributed by atoms with Gasteiger partial charge in [0, 0.05) is 9.35 Å². The highest BCUT2D eigenvalue weighted by atomic mass is 79.9. The Morgan fingerprint density at radius 1 is 1.83 bits per heavy atom. The number of carbonyl (C=O) groups excluding carboxylic acids is 1. The van der Waals surface area contributed by atoms with Gasteiger partial charge in [0.25, 0.3) is 0 Å². The van der Waals surface area contributed by atoms with Crippen molar-refractivity contribution in [3.05, 3.63) is 20.8 Å². The first-order valence-corrected chi connectivity index (χ1v) is 4.90. The topological polar surface area (TPSA) is 52.3 Å². The molecule has 1 rings (SSSR count). The van der Waals surface area contributed by atoms with E-state index in [0.29, 0.717) is 0 Å². The minimum absolute atomic E-state index is 0.418. The molecule has 0 radical (unpaired) electrons. The Labute approximate surface area is 82.6 Å². The average molecular weight is 250 g/mol. The van der Waals surface area contributed by atoms with Crippen molar-refractivity contribution in [1.29, 1.82) is 0 Å². The Kier molecular flexibility index (Phi) is 3.25. The number of hydrogen-bond donors (Lipinski definition) is 1. The van der Waals surface area contributed by atoms with Gasteiger partial charge in [-0.05, 0) is 27.4 Å². The SMILES string of the molecule is COC(=O)[C@@H](N)c1sccc1Br. The number of methoxy groups -OCH3 is 1. The van der Waals surface area contributed by atoms with E-state index in [9.17, 15) is 4.79 Å². The zero-order valence-electron chi connectivity index (χ0n) is 6.41. The number of hydrogen-bond acceptors (Lipinski definition) is 4. The Morgan fingerprint density at radius 2 is 2.50 bits per heavy atom. The third-order valence-corrected chi connectivity index (χ3v) is 3.34. The van der Waals surface area contributed by atoms with Gasteiger partial charge in [-0.3, -0.25) is 0 Å². The lowest BCUT2D eigenvalue weighted by atomic mass is 10.2. The molecule has 0 bridgehead atoms. The van der Waals surface area contributed by atoms with Crippen LogP contribution in [-0.4, -0.2) is 13.1 Å². The fourth-order valence-electron chi connectivity index (χ4n) is 0.761. The van der Waals surface area contributed by atoms with Crippen molar-refractivity contribution in [2.45, 2.75) is 6.04 Å². The summed E-state index contributed by atoms with van der Waals surface area (Å²) in [6, 6.07) is 1.17. The molecule has 0 fully saturated rings. The molecule has 1 aromatic rings. The number of nitrogens with two attached hydrogens (primary N) is 1. The molecular weight excluding hydrogens is 242 g/mol. The van der Waals surface area contributed by atoms with Crippen LogP contribution in [0.4, 0.5) is 0 Å². The Hall–Kier alpha value is -0.390. The molecule has 0 spiro atoms. The van der Waals surface area contributed by atoms with Gasteiger partial charge in [-0.25, -0.2) is 4.79 Å². The van der Waals surface area contributed by atoms with Crippen LogP contribution in [0.25, 0.3) is 0 Å². The van der Waals surface area contributed by atoms with Gasteiger partial charge in [0.05, 0.1) is 7.11 Å². The molecule has 66 valence electrons. The van der Waals surface area contributed by atoms with E-state index in [1.165, 1.54) is 18.4 Å². The summed E-state index contributed by atoms with van der Waals surface area (Å²) in [4.78, 5) is 11.8. The van der Waals surface area contributed by atoms with Gasteiger partial charge in [0.2, 0.25) is 0 Å². The summed E-state index contributed by atoms with van der Waals surface area (Å²) in [6.07, 6.45) is 0. The van der Waals surface area contributed by atoms with Gasteiger partial charge in [-0.15, -0.1) is 11.3 Å². The molecule has 0 saturated carbocycles. The molecule has 0 aliphatic carbocycles. The molecular formula is C7H8BrNO2S. The largest absolute Gasteiger partial charge is 0.468 e. The van der Waals surface area contributed by atoms with E-state index < -0.39 is 12.0 Å². The van der Waals surface area contributed by atoms with Crippen molar-refractivity contribution in [2.75, 3.05) is 7.11 Å². The number of carbonyl (C=O) groups is 1. The Bertz CT molecular complexity index is 287. The van der Waals surface area contributed by atoms with Crippen LogP contribution in [-0.2, 0) is 9.53 Å². The lowest BCUT2D eigenvalue weighted by molar-refractivity contribution is -0.142. The molecule has 0 aliphatic heterocycles. The lowest BCUT2D eigenvalue weighted by Crippen LogP contribution is -2.21. The fourth-order valence-corrected chi connectivity index (χ4v) is 2.37. The zero-order chi connectivity index (χ0) is 9.14. The summed E-state index contributed by atoms with van der Waals surface area (Å²) in [6.45, 7) is 0. The van der Waals surface area contributed by atoms with E-state index in [1.54, 1.807) is 0 Å². The van der Waals surface area contributed by atoms with Crippen molar-refractivity contribution in [1.82, 2.24) is 0 Å². The van der Waals surface area contributed by atoms with Gasteiger partial charge < -0.3 is 10.5 Å². The summed E-state index contributed by atoms with van der Waals surface area (Å²) >= 11 is 4.72. The summed E-state index contributed by atoms with van der Waals surface area (Å²) < 4.78 is 5.36. The molecule has 3 nitrogen and oxygen atoms in total. The third-order valence-electron chi connectivity index (χ3n) is 1.38. The first-order chi connectivity index (χ1) is 5.66. The highest BCUT2D eigenvalue weighted by molar-refractivity contribution is 9.10. The smallest absolute Gasteiger partial charge is 0.328 e. The monoisotopic (exact) mass is 249 g/mol. The second-order valence-electron chi connectivity index (χ2n) is 2.13. The molecule has 1 heterocycles. The summed E-state index contributed by atoms with van der Waals surface area (Å²) in [5.41, 5.74) is 5.60. The minimum atomic E-state index is -0.677. The fraction of sp³-hybridized carbons (Fsp3) is 0.286. The predicted octanol–water partition coefficient (Wildman–Crippen LogP) is 1.68. The number of halogens is 1. The summed E-state index contributed by atoms with van der Waals surface area (Å²) in [7, 11) is 1.32. The maximum Gasteiger partial charge on any atom is 0.328 e. The van der Waals surface area contributed by atoms with Crippen molar-refractivity contribution >= 4 is 33.2 Å². The average Bonchev–Trinajstić information content (AvgIpc) is 2.48. The molecule has 5 heteroatoms. The standard InChI is InChI=1S/C7H8BrNO2S/c1-11-7(10)5(9)6-4(8)2-3-12-6/h2-3,5H,9H2,1H3/t5-/m0/s1. The van der Waals surface area contributed by atoms with Crippen LogP contribution in [0.1, 0.15) is 10.9 Å². The van der Waals surface area contributed by atoms with Crippen LogP contribution in [0.3, 0.4) is 0 Å². The summed E-state index contributed by atoms with van der Waals surface area (Å²) in [5.74, 6) is -0.418. The molecule has 0 saturated heterocycles. The first kappa shape index (κ1) is 9.70. The lowest BCUT2D eigenvalue weighted by Gasteiger charge is -2.06. The predicted molar refractivity (Wildman–Crippen MR) is 51.0 cm³/mol. The van der Waals surface area contributed by atoms with Gasteiger partial charge in [-0.2, -0.15) is 0 Å². The van der Waals surface area contributed by atoms with Crippen molar-refractivity contribution < 1.29 is 9.53 Å². The molecule has 0 aromatic carbocycles. The number of esters is 1. The molecule has 0 aliphatic rings. The first-order valence-electron chi connectivity index (χ1n) is 3.23. The van der Waals surface area contributed by atoms with Crippen LogP contribution in [0.2, 0.25) is 0 Å². The van der Waals surface area contributed by atoms with E-state index in [2.05, 4.69) is 20.7 Å². The van der Waals surface area contributed by atoms with Crippen molar-refractivity contribution in [3.8, 4) is 0 Å². The maximum atomic E-state index is 11.0. The van der Waals surface area contributed by atoms with Gasteiger partial charge in [-0.1, -0.05) is 0 Å². The van der Waals surface area contributed by atoms with Crippen LogP contribution in [0, 0.1) is 0 Å². The Morgan fingerprint density at radius 3 is 2.92 bits per heavy atom. The number of thiophene rings is 1. The zero-order valence-corrected chi connectivity index (χ0v) is 8.81. The molecule has 12 heavy (non-hydrogen) atoms. The quantitative estimate of drug-likeness (QED) is 0.812. The highest BCUT2D eigenvalue weighted by Gasteiger charge is 2.19. The molecule has 0 unspecified atom stereocenters. The van der Waals surface area contributed by atoms with Crippen LogP contribution >= 0.6 is 27.3 Å². The van der Waals surface area contributed by atoms with E-state index in [-0.39, 0.29) is 0 Å². The minimum Gasteiger partial charge on any atom is -0.468 e. The Balaban J connectivity index is 2.84. The van der Waals surface area contributed by atoms with Crippen LogP contribution in [0.15, 0.2) is 15.9 Å². The van der Waals surface area contributed by atoms with Crippen LogP contribution in [0.5, 0.6) is 0 Å². The maximum absolute atomic E-state index is 11.0. The van der Waals surface area contributed by atoms with E-state index in [4.69, 9.17) is 5.73 Å². The number of ether oxygens (including phenoxy) is 1. The van der Waals surface area contributed by atoms with Gasteiger partial charge in [0.1, 0.15) is 6.04 Å². The van der Waals surface area contributed by atoms with Crippen molar-refractivity contribution in [2.24, 2.45) is 5.73 Å². The molecule has 1 atom stereocenters. The number of rotatable bonds is 2. The normalized spacial score (nSPS) is 12.6.